The standard InChI is InChI=1S/C18H24P2.2C16H13Si.2Au/c1-19(17-11-5-3-6-12-17)15-9-10-16-20(2)18-13-7-4-8-14-18;2*1-4-12-9-10-14-13-7-5-6-8-15(13)17(2,3)16(14)11-12;;/h3-8,11-14H,9-10,15-16H2,1-2H3;2*5-11H,2-3H3;;/q;2*-1;2*+1/p+2. The van der Waals surface area contributed by atoms with Gasteiger partial charge in [0.2, 0.25) is 0 Å². The molecule has 6 heteroatoms. The van der Waals surface area contributed by atoms with Crippen molar-refractivity contribution in [2.45, 2.75) is 39.0 Å². The first kappa shape index (κ1) is 45.9. The van der Waals surface area contributed by atoms with Crippen LogP contribution in [0, 0.1) is 24.7 Å². The molecular formula is C50H52Au2P2Si2+2. The fourth-order valence-corrected chi connectivity index (χ4v) is 17.9. The van der Waals surface area contributed by atoms with Crippen LogP contribution in [0.15, 0.2) is 146 Å². The van der Waals surface area contributed by atoms with Crippen LogP contribution in [0.4, 0.5) is 0 Å². The van der Waals surface area contributed by atoms with Crippen LogP contribution in [0.5, 0.6) is 0 Å². The Balaban J connectivity index is 0.000000184. The summed E-state index contributed by atoms with van der Waals surface area (Å²) in [6.45, 7) is 14.4. The molecule has 2 atom stereocenters. The van der Waals surface area contributed by atoms with E-state index in [1.165, 1.54) is 68.2 Å². The van der Waals surface area contributed by atoms with E-state index in [2.05, 4.69) is 185 Å². The fourth-order valence-electron chi connectivity index (χ4n) is 8.08. The largest absolute Gasteiger partial charge is 1.00 e. The normalized spacial score (nSPS) is 14.0. The van der Waals surface area contributed by atoms with Gasteiger partial charge in [0.05, 0.1) is 36.3 Å². The molecule has 0 amide bonds. The van der Waals surface area contributed by atoms with Crippen molar-refractivity contribution in [3.63, 3.8) is 0 Å². The van der Waals surface area contributed by atoms with Gasteiger partial charge in [-0.3, -0.25) is 11.8 Å². The third-order valence-electron chi connectivity index (χ3n) is 11.3. The number of rotatable bonds is 7. The van der Waals surface area contributed by atoms with Crippen LogP contribution in [0.3, 0.4) is 0 Å². The molecule has 0 spiro atoms. The summed E-state index contributed by atoms with van der Waals surface area (Å²) in [6, 6.07) is 52.1. The van der Waals surface area contributed by atoms with Crippen LogP contribution in [-0.4, -0.2) is 41.8 Å². The molecule has 0 saturated carbocycles. The predicted molar refractivity (Wildman–Crippen MR) is 249 cm³/mol. The molecule has 2 heterocycles. The average molecular weight is 1170 g/mol. The minimum absolute atomic E-state index is 0. The van der Waals surface area contributed by atoms with E-state index in [1.807, 2.05) is 12.1 Å². The smallest absolute Gasteiger partial charge is 0.366 e. The first-order valence-corrected chi connectivity index (χ1v) is 29.6. The van der Waals surface area contributed by atoms with E-state index < -0.39 is 16.1 Å². The molecule has 2 aliphatic rings. The number of hydrogen-bond acceptors (Lipinski definition) is 0. The van der Waals surface area contributed by atoms with Crippen molar-refractivity contribution in [2.75, 3.05) is 25.7 Å². The van der Waals surface area contributed by atoms with E-state index >= 15 is 0 Å². The van der Waals surface area contributed by atoms with Crippen molar-refractivity contribution in [2.24, 2.45) is 0 Å². The van der Waals surface area contributed by atoms with E-state index in [0.717, 1.165) is 11.1 Å². The summed E-state index contributed by atoms with van der Waals surface area (Å²) in [7, 11) is -3.74. The Morgan fingerprint density at radius 1 is 0.429 bits per heavy atom. The third kappa shape index (κ3) is 10.3. The van der Waals surface area contributed by atoms with Gasteiger partial charge in [0.1, 0.15) is 16.1 Å². The van der Waals surface area contributed by atoms with Gasteiger partial charge in [-0.15, -0.1) is 35.4 Å². The molecule has 0 radical (unpaired) electrons. The van der Waals surface area contributed by atoms with Gasteiger partial charge >= 0.3 is 44.8 Å². The van der Waals surface area contributed by atoms with Crippen molar-refractivity contribution in [1.29, 1.82) is 0 Å². The van der Waals surface area contributed by atoms with Crippen LogP contribution >= 0.6 is 15.8 Å². The van der Waals surface area contributed by atoms with Gasteiger partial charge in [0, 0.05) is 15.8 Å². The van der Waals surface area contributed by atoms with E-state index in [9.17, 15) is 0 Å². The molecule has 6 aromatic rings. The van der Waals surface area contributed by atoms with Crippen LogP contribution < -0.4 is 31.4 Å². The van der Waals surface area contributed by atoms with Gasteiger partial charge < -0.3 is 12.8 Å². The van der Waals surface area contributed by atoms with Gasteiger partial charge in [-0.2, -0.15) is 0 Å². The van der Waals surface area contributed by atoms with Crippen LogP contribution in [-0.2, 0) is 44.8 Å². The van der Waals surface area contributed by atoms with Gasteiger partial charge in [-0.05, 0) is 69.7 Å². The molecule has 0 nitrogen and oxygen atoms in total. The minimum Gasteiger partial charge on any atom is -0.366 e. The molecule has 0 aromatic heterocycles. The molecule has 8 rings (SSSR count). The van der Waals surface area contributed by atoms with Crippen molar-refractivity contribution >= 4 is 63.3 Å². The second-order valence-corrected chi connectivity index (χ2v) is 29.5. The third-order valence-corrected chi connectivity index (χ3v) is 23.3. The zero-order valence-electron chi connectivity index (χ0n) is 33.3. The molecule has 0 bridgehead atoms. The zero-order valence-corrected chi connectivity index (χ0v) is 41.6. The monoisotopic (exact) mass is 1160 g/mol. The second-order valence-electron chi connectivity index (χ2n) is 15.6. The number of hydrogen-bond donors (Lipinski definition) is 0. The molecule has 0 fully saturated rings. The average Bonchev–Trinajstić information content (AvgIpc) is 3.59. The van der Waals surface area contributed by atoms with Crippen molar-refractivity contribution in [1.82, 2.24) is 0 Å². The molecular weight excluding hydrogens is 1110 g/mol. The fraction of sp³-hybridized carbons (Fsp3) is 0.200. The van der Waals surface area contributed by atoms with E-state index in [-0.39, 0.29) is 60.6 Å². The van der Waals surface area contributed by atoms with Gasteiger partial charge in [0.25, 0.3) is 0 Å². The maximum absolute atomic E-state index is 7.26. The molecule has 290 valence electrons. The number of benzene rings is 6. The quantitative estimate of drug-likeness (QED) is 0.0493. The van der Waals surface area contributed by atoms with E-state index in [4.69, 9.17) is 12.8 Å². The summed E-state index contributed by atoms with van der Waals surface area (Å²) in [5.74, 6) is 4.99. The Morgan fingerprint density at radius 3 is 1.11 bits per heavy atom. The molecule has 0 saturated heterocycles. The van der Waals surface area contributed by atoms with Crippen molar-refractivity contribution in [3.8, 4) is 34.1 Å². The number of fused-ring (bicyclic) bond motifs is 6. The molecule has 0 N–H and O–H groups in total. The van der Waals surface area contributed by atoms with Crippen LogP contribution in [0.1, 0.15) is 24.0 Å². The maximum Gasteiger partial charge on any atom is 1.00 e. The number of unbranched alkanes of at least 4 members (excludes halogenated alkanes) is 1. The summed E-state index contributed by atoms with van der Waals surface area (Å²) >= 11 is 0. The van der Waals surface area contributed by atoms with Gasteiger partial charge in [-0.1, -0.05) is 134 Å². The summed E-state index contributed by atoms with van der Waals surface area (Å²) in [5.41, 5.74) is 7.26. The minimum atomic E-state index is -1.55. The summed E-state index contributed by atoms with van der Waals surface area (Å²) in [5, 5.41) is 9.08. The maximum atomic E-state index is 7.26. The Bertz CT molecular complexity index is 2140. The Hall–Kier alpha value is -2.79. The van der Waals surface area contributed by atoms with E-state index in [1.54, 1.807) is 10.6 Å². The molecule has 6 aromatic carbocycles. The SMILES string of the molecule is C[PH+](CCCC[PH+](C)c1ccccc1)c1ccccc1.[Au+].[Au+].[C-]#Cc1ccc2c(c1)[Si](C)(C)c1ccccc1-2.[C-]#Cc1ccc2c(c1)[Si](C)(C)c1ccccc1-2. The summed E-state index contributed by atoms with van der Waals surface area (Å²) in [4.78, 5) is 0. The van der Waals surface area contributed by atoms with Gasteiger partial charge in [0.15, 0.2) is 0 Å². The summed E-state index contributed by atoms with van der Waals surface area (Å²) in [6.07, 6.45) is 20.1. The van der Waals surface area contributed by atoms with Gasteiger partial charge in [-0.25, -0.2) is 0 Å². The molecule has 56 heavy (non-hydrogen) atoms. The topological polar surface area (TPSA) is 0 Å². The first-order valence-electron chi connectivity index (χ1n) is 19.2. The molecule has 2 aliphatic heterocycles. The van der Waals surface area contributed by atoms with Crippen molar-refractivity contribution in [3.05, 3.63) is 170 Å². The summed E-state index contributed by atoms with van der Waals surface area (Å²) < 4.78 is 0. The molecule has 0 aliphatic carbocycles. The first-order chi connectivity index (χ1) is 26.1. The Morgan fingerprint density at radius 2 is 0.750 bits per heavy atom. The second kappa shape index (κ2) is 20.8. The van der Waals surface area contributed by atoms with E-state index in [0.29, 0.717) is 0 Å². The Kier molecular flexibility index (Phi) is 17.0. The van der Waals surface area contributed by atoms with Crippen LogP contribution in [0.2, 0.25) is 26.2 Å². The van der Waals surface area contributed by atoms with Crippen LogP contribution in [0.25, 0.3) is 22.3 Å². The zero-order chi connectivity index (χ0) is 38.3. The predicted octanol–water partition coefficient (Wildman–Crippen LogP) is 8.96. The molecule has 2 unspecified atom stereocenters. The Labute approximate surface area is 373 Å². The van der Waals surface area contributed by atoms with Crippen molar-refractivity contribution < 1.29 is 44.8 Å².